The largest absolute Gasteiger partial charge is 0.395 e. The molecule has 31 heavy (non-hydrogen) atoms. The van der Waals surface area contributed by atoms with Crippen molar-refractivity contribution in [3.8, 4) is 0 Å². The van der Waals surface area contributed by atoms with Crippen molar-refractivity contribution in [3.05, 3.63) is 59.7 Å². The maximum absolute atomic E-state index is 12.3. The van der Waals surface area contributed by atoms with E-state index in [0.717, 1.165) is 16.9 Å². The van der Waals surface area contributed by atoms with Gasteiger partial charge in [0.1, 0.15) is 0 Å². The van der Waals surface area contributed by atoms with E-state index in [1.165, 1.54) is 0 Å². The van der Waals surface area contributed by atoms with Crippen LogP contribution in [0.4, 0.5) is 11.4 Å². The van der Waals surface area contributed by atoms with Crippen LogP contribution in [0.15, 0.2) is 53.6 Å². The van der Waals surface area contributed by atoms with Crippen LogP contribution in [-0.4, -0.2) is 73.5 Å². The number of carbonyl (C=O) groups is 1. The first-order chi connectivity index (χ1) is 15.1. The zero-order valence-electron chi connectivity index (χ0n) is 17.3. The maximum Gasteiger partial charge on any atom is 0.271 e. The Balaban J connectivity index is 1.94. The highest BCUT2D eigenvalue weighted by Gasteiger charge is 2.08. The molecule has 0 fully saturated rings. The van der Waals surface area contributed by atoms with E-state index in [-0.39, 0.29) is 19.1 Å². The van der Waals surface area contributed by atoms with Crippen molar-refractivity contribution in [3.63, 3.8) is 0 Å². The first-order valence-corrected chi connectivity index (χ1v) is 11.1. The molecule has 0 saturated carbocycles. The molecule has 0 aliphatic rings. The Hall–Kier alpha value is -2.32. The summed E-state index contributed by atoms with van der Waals surface area (Å²) < 4.78 is 0. The molecule has 0 aliphatic heterocycles. The van der Waals surface area contributed by atoms with Crippen LogP contribution in [0.25, 0.3) is 0 Å². The zero-order valence-corrected chi connectivity index (χ0v) is 18.8. The summed E-state index contributed by atoms with van der Waals surface area (Å²) >= 11 is 11.7. The Morgan fingerprint density at radius 3 is 1.81 bits per heavy atom. The second kappa shape index (κ2) is 13.9. The Morgan fingerprint density at radius 1 is 0.839 bits per heavy atom. The fourth-order valence-corrected chi connectivity index (χ4v) is 3.42. The highest BCUT2D eigenvalue weighted by Crippen LogP contribution is 2.16. The number of rotatable bonds is 13. The molecule has 0 aromatic heterocycles. The van der Waals surface area contributed by atoms with Gasteiger partial charge in [-0.15, -0.1) is 23.2 Å². The Labute approximate surface area is 192 Å². The number of nitrogens with one attached hydrogen (secondary N) is 1. The lowest BCUT2D eigenvalue weighted by atomic mass is 10.2. The van der Waals surface area contributed by atoms with Crippen LogP contribution in [0.5, 0.6) is 0 Å². The van der Waals surface area contributed by atoms with Gasteiger partial charge in [-0.05, 0) is 42.0 Å². The van der Waals surface area contributed by atoms with Gasteiger partial charge in [-0.3, -0.25) is 4.79 Å². The summed E-state index contributed by atoms with van der Waals surface area (Å²) in [4.78, 5) is 16.2. The number of benzene rings is 2. The molecule has 0 radical (unpaired) electrons. The standard InChI is InChI=1S/C22H28Cl2N4O3/c23-9-11-27(12-10-24)20-5-1-18(2-6-20)17-25-26-22(31)19-3-7-21(8-4-19)28(13-15-29)14-16-30/h1-8,17,29-30H,9-16H2,(H,26,31). The van der Waals surface area contributed by atoms with Gasteiger partial charge in [0, 0.05) is 54.9 Å². The van der Waals surface area contributed by atoms with E-state index in [1.807, 2.05) is 29.2 Å². The molecule has 7 nitrogen and oxygen atoms in total. The normalized spacial score (nSPS) is 11.0. The van der Waals surface area contributed by atoms with E-state index in [1.54, 1.807) is 30.5 Å². The van der Waals surface area contributed by atoms with Crippen molar-refractivity contribution in [1.29, 1.82) is 0 Å². The van der Waals surface area contributed by atoms with Crippen LogP contribution in [0.1, 0.15) is 15.9 Å². The van der Waals surface area contributed by atoms with Gasteiger partial charge >= 0.3 is 0 Å². The van der Waals surface area contributed by atoms with Gasteiger partial charge in [0.15, 0.2) is 0 Å². The van der Waals surface area contributed by atoms with Crippen molar-refractivity contribution >= 4 is 46.7 Å². The van der Waals surface area contributed by atoms with Crippen LogP contribution >= 0.6 is 23.2 Å². The van der Waals surface area contributed by atoms with Crippen molar-refractivity contribution in [2.45, 2.75) is 0 Å². The van der Waals surface area contributed by atoms with Crippen LogP contribution in [-0.2, 0) is 0 Å². The topological polar surface area (TPSA) is 88.4 Å². The summed E-state index contributed by atoms with van der Waals surface area (Å²) in [5, 5.41) is 22.3. The molecule has 0 atom stereocenters. The smallest absolute Gasteiger partial charge is 0.271 e. The molecule has 2 rings (SSSR count). The molecule has 2 aromatic rings. The van der Waals surface area contributed by atoms with Gasteiger partial charge in [-0.1, -0.05) is 12.1 Å². The number of hydrazone groups is 1. The third-order valence-corrected chi connectivity index (χ3v) is 4.92. The van der Waals surface area contributed by atoms with E-state index in [2.05, 4.69) is 15.4 Å². The maximum atomic E-state index is 12.3. The first-order valence-electron chi connectivity index (χ1n) is 10.00. The number of alkyl halides is 2. The molecule has 0 heterocycles. The average Bonchev–Trinajstić information content (AvgIpc) is 2.79. The number of nitrogens with zero attached hydrogens (tertiary/aromatic N) is 3. The average molecular weight is 467 g/mol. The van der Waals surface area contributed by atoms with Gasteiger partial charge < -0.3 is 20.0 Å². The van der Waals surface area contributed by atoms with Gasteiger partial charge in [0.25, 0.3) is 5.91 Å². The lowest BCUT2D eigenvalue weighted by Crippen LogP contribution is -2.29. The Morgan fingerprint density at radius 2 is 1.32 bits per heavy atom. The fraction of sp³-hybridized carbons (Fsp3) is 0.364. The third-order valence-electron chi connectivity index (χ3n) is 4.58. The quantitative estimate of drug-likeness (QED) is 0.239. The van der Waals surface area contributed by atoms with Gasteiger partial charge in [0.05, 0.1) is 19.4 Å². The SMILES string of the molecule is O=C(NN=Cc1ccc(N(CCCl)CCCl)cc1)c1ccc(N(CCO)CCO)cc1. The second-order valence-corrected chi connectivity index (χ2v) is 7.39. The van der Waals surface area contributed by atoms with Crippen LogP contribution < -0.4 is 15.2 Å². The number of hydrogen-bond donors (Lipinski definition) is 3. The molecule has 168 valence electrons. The Kier molecular flexibility index (Phi) is 11.2. The molecule has 1 amide bonds. The predicted octanol–water partition coefficient (Wildman–Crippen LogP) is 2.53. The van der Waals surface area contributed by atoms with E-state index in [9.17, 15) is 4.79 Å². The zero-order chi connectivity index (χ0) is 22.5. The first kappa shape index (κ1) is 24.9. The molecule has 9 heteroatoms. The molecular weight excluding hydrogens is 439 g/mol. The van der Waals surface area contributed by atoms with E-state index in [4.69, 9.17) is 33.4 Å². The molecule has 0 bridgehead atoms. The minimum atomic E-state index is -0.328. The summed E-state index contributed by atoms with van der Waals surface area (Å²) in [6, 6.07) is 14.7. The molecular formula is C22H28Cl2N4O3. The van der Waals surface area contributed by atoms with Crippen molar-refractivity contribution in [1.82, 2.24) is 5.43 Å². The van der Waals surface area contributed by atoms with Crippen molar-refractivity contribution < 1.29 is 15.0 Å². The summed E-state index contributed by atoms with van der Waals surface area (Å²) in [5.74, 6) is 0.716. The fourth-order valence-electron chi connectivity index (χ4n) is 3.01. The molecule has 0 spiro atoms. The monoisotopic (exact) mass is 466 g/mol. The van der Waals surface area contributed by atoms with Gasteiger partial charge in [0.2, 0.25) is 0 Å². The minimum Gasteiger partial charge on any atom is -0.395 e. The molecule has 2 aromatic carbocycles. The van der Waals surface area contributed by atoms with E-state index < -0.39 is 0 Å². The summed E-state index contributed by atoms with van der Waals surface area (Å²) in [6.45, 7) is 2.21. The lowest BCUT2D eigenvalue weighted by Gasteiger charge is -2.23. The number of anilines is 2. The molecule has 3 N–H and O–H groups in total. The second-order valence-electron chi connectivity index (χ2n) is 6.64. The summed E-state index contributed by atoms with van der Waals surface area (Å²) in [6.07, 6.45) is 1.58. The minimum absolute atomic E-state index is 0.0185. The van der Waals surface area contributed by atoms with E-state index >= 15 is 0 Å². The van der Waals surface area contributed by atoms with Crippen LogP contribution in [0.2, 0.25) is 0 Å². The number of carbonyl (C=O) groups excluding carboxylic acids is 1. The molecule has 0 aliphatic carbocycles. The predicted molar refractivity (Wildman–Crippen MR) is 128 cm³/mol. The van der Waals surface area contributed by atoms with Crippen molar-refractivity contribution in [2.75, 3.05) is 61.0 Å². The summed E-state index contributed by atoms with van der Waals surface area (Å²) in [7, 11) is 0. The van der Waals surface area contributed by atoms with Crippen molar-refractivity contribution in [2.24, 2.45) is 5.10 Å². The lowest BCUT2D eigenvalue weighted by molar-refractivity contribution is 0.0955. The highest BCUT2D eigenvalue weighted by atomic mass is 35.5. The molecule has 0 unspecified atom stereocenters. The highest BCUT2D eigenvalue weighted by molar-refractivity contribution is 6.18. The van der Waals surface area contributed by atoms with Crippen LogP contribution in [0.3, 0.4) is 0 Å². The van der Waals surface area contributed by atoms with Gasteiger partial charge in [-0.2, -0.15) is 5.10 Å². The molecule has 0 saturated heterocycles. The van der Waals surface area contributed by atoms with Gasteiger partial charge in [-0.25, -0.2) is 5.43 Å². The number of aliphatic hydroxyl groups excluding tert-OH is 2. The summed E-state index contributed by atoms with van der Waals surface area (Å²) in [5.41, 5.74) is 5.67. The van der Waals surface area contributed by atoms with E-state index in [0.29, 0.717) is 43.5 Å². The van der Waals surface area contributed by atoms with Crippen LogP contribution in [0, 0.1) is 0 Å². The number of aliphatic hydroxyl groups is 2. The number of halogens is 2. The Bertz CT molecular complexity index is 805. The number of amides is 1. The number of hydrogen-bond acceptors (Lipinski definition) is 6. The third kappa shape index (κ3) is 8.03.